The van der Waals surface area contributed by atoms with Gasteiger partial charge in [-0.3, -0.25) is 0 Å². The monoisotopic (exact) mass is 603 g/mol. The quantitative estimate of drug-likeness (QED) is 0.201. The molecule has 47 heavy (non-hydrogen) atoms. The van der Waals surface area contributed by atoms with Crippen molar-refractivity contribution in [3.05, 3.63) is 174 Å². The van der Waals surface area contributed by atoms with Crippen molar-refractivity contribution >= 4 is 11.0 Å². The Morgan fingerprint density at radius 1 is 0.426 bits per heavy atom. The molecule has 5 nitrogen and oxygen atoms in total. The summed E-state index contributed by atoms with van der Waals surface area (Å²) in [5.74, 6) is 3.57. The zero-order valence-corrected chi connectivity index (χ0v) is 25.1. The fraction of sp³-hybridized carbons (Fsp3) is 0.0238. The first-order valence-corrected chi connectivity index (χ1v) is 15.7. The zero-order chi connectivity index (χ0) is 31.0. The lowest BCUT2D eigenvalue weighted by molar-refractivity contribution is 0.436. The molecule has 0 saturated carbocycles. The average Bonchev–Trinajstić information content (AvgIpc) is 3.74. The second-order valence-corrected chi connectivity index (χ2v) is 11.9. The summed E-state index contributed by atoms with van der Waals surface area (Å²) in [7, 11) is 0. The van der Waals surface area contributed by atoms with Gasteiger partial charge in [0.1, 0.15) is 17.1 Å². The largest absolute Gasteiger partial charge is 0.464 e. The number of ether oxygens (including phenoxy) is 1. The number of furan rings is 1. The molecular formula is C42H25N3O2. The number of para-hydroxylation sites is 2. The van der Waals surface area contributed by atoms with Gasteiger partial charge in [-0.15, -0.1) is 0 Å². The molecule has 2 aromatic heterocycles. The Labute approximate surface area is 270 Å². The maximum Gasteiger partial charge on any atom is 0.164 e. The van der Waals surface area contributed by atoms with E-state index in [4.69, 9.17) is 24.1 Å². The summed E-state index contributed by atoms with van der Waals surface area (Å²) in [6.07, 6.45) is 1.77. The SMILES string of the molecule is c1ccc(-c2nc(-c3ccccc3)nc(-c3cccc4c3-c3c(ccc5occc35)C43c4ccccc4Oc4ccccc43)n2)cc1. The van der Waals surface area contributed by atoms with Gasteiger partial charge >= 0.3 is 0 Å². The highest BCUT2D eigenvalue weighted by atomic mass is 16.5. The van der Waals surface area contributed by atoms with Crippen molar-refractivity contribution in [1.82, 2.24) is 15.0 Å². The number of aromatic nitrogens is 3. The van der Waals surface area contributed by atoms with E-state index in [1.165, 1.54) is 5.56 Å². The molecule has 0 N–H and O–H groups in total. The third-order valence-electron chi connectivity index (χ3n) is 9.50. The first-order valence-electron chi connectivity index (χ1n) is 15.7. The van der Waals surface area contributed by atoms with Crippen LogP contribution >= 0.6 is 0 Å². The molecule has 1 spiro atoms. The minimum absolute atomic E-state index is 0.617. The number of fused-ring (bicyclic) bond motifs is 11. The van der Waals surface area contributed by atoms with Gasteiger partial charge in [-0.1, -0.05) is 121 Å². The van der Waals surface area contributed by atoms with Crippen LogP contribution in [0.2, 0.25) is 0 Å². The second-order valence-electron chi connectivity index (χ2n) is 11.9. The van der Waals surface area contributed by atoms with E-state index in [-0.39, 0.29) is 0 Å². The standard InChI is InChI=1S/C42H25N3O2/c1-3-12-26(13-4-1)39-43-40(27-14-5-2-6-15-27)45-41(44-39)29-16-11-19-32-38(29)37-28-24-25-46-34(28)23-22-33(37)42(32)30-17-7-9-20-35(30)47-36-21-10-8-18-31(36)42/h1-25H. The summed E-state index contributed by atoms with van der Waals surface area (Å²) in [6.45, 7) is 0. The average molecular weight is 604 g/mol. The molecule has 0 fully saturated rings. The Bertz CT molecular complexity index is 2400. The molecular weight excluding hydrogens is 578 g/mol. The van der Waals surface area contributed by atoms with E-state index in [1.54, 1.807) is 6.26 Å². The summed E-state index contributed by atoms with van der Waals surface area (Å²) in [5, 5.41) is 1.05. The van der Waals surface area contributed by atoms with E-state index in [9.17, 15) is 0 Å². The highest BCUT2D eigenvalue weighted by molar-refractivity contribution is 6.06. The number of rotatable bonds is 3. The molecule has 6 aromatic carbocycles. The first-order chi connectivity index (χ1) is 23.3. The summed E-state index contributed by atoms with van der Waals surface area (Å²) >= 11 is 0. The molecule has 0 atom stereocenters. The van der Waals surface area contributed by atoms with Crippen LogP contribution in [0.4, 0.5) is 0 Å². The van der Waals surface area contributed by atoms with Crippen LogP contribution in [0.15, 0.2) is 156 Å². The fourth-order valence-electron chi connectivity index (χ4n) is 7.60. The van der Waals surface area contributed by atoms with Crippen molar-refractivity contribution in [1.29, 1.82) is 0 Å². The molecule has 1 aliphatic carbocycles. The molecule has 10 rings (SSSR count). The minimum atomic E-state index is -0.630. The van der Waals surface area contributed by atoms with Crippen LogP contribution in [-0.2, 0) is 5.41 Å². The smallest absolute Gasteiger partial charge is 0.164 e. The number of benzene rings is 6. The van der Waals surface area contributed by atoms with Crippen LogP contribution in [0, 0.1) is 0 Å². The topological polar surface area (TPSA) is 61.0 Å². The van der Waals surface area contributed by atoms with Crippen molar-refractivity contribution in [3.8, 4) is 56.8 Å². The van der Waals surface area contributed by atoms with Crippen LogP contribution in [-0.4, -0.2) is 15.0 Å². The van der Waals surface area contributed by atoms with E-state index in [0.29, 0.717) is 17.5 Å². The summed E-state index contributed by atoms with van der Waals surface area (Å²) < 4.78 is 12.6. The van der Waals surface area contributed by atoms with E-state index >= 15 is 0 Å². The number of hydrogen-bond donors (Lipinski definition) is 0. The maximum atomic E-state index is 6.56. The summed E-state index contributed by atoms with van der Waals surface area (Å²) in [5.41, 5.74) is 9.75. The van der Waals surface area contributed by atoms with Crippen molar-refractivity contribution in [2.45, 2.75) is 5.41 Å². The molecule has 5 heteroatoms. The van der Waals surface area contributed by atoms with Crippen molar-refractivity contribution in [2.24, 2.45) is 0 Å². The minimum Gasteiger partial charge on any atom is -0.464 e. The zero-order valence-electron chi connectivity index (χ0n) is 25.1. The third kappa shape index (κ3) is 3.62. The predicted octanol–water partition coefficient (Wildman–Crippen LogP) is 10.1. The second kappa shape index (κ2) is 9.83. The Kier molecular flexibility index (Phi) is 5.43. The summed E-state index contributed by atoms with van der Waals surface area (Å²) in [4.78, 5) is 15.3. The third-order valence-corrected chi connectivity index (χ3v) is 9.50. The lowest BCUT2D eigenvalue weighted by atomic mass is 9.66. The molecule has 0 radical (unpaired) electrons. The van der Waals surface area contributed by atoms with Crippen LogP contribution in [0.1, 0.15) is 22.3 Å². The van der Waals surface area contributed by atoms with Crippen LogP contribution < -0.4 is 4.74 Å². The van der Waals surface area contributed by atoms with E-state index in [2.05, 4.69) is 72.8 Å². The molecule has 0 unspecified atom stereocenters. The van der Waals surface area contributed by atoms with Gasteiger partial charge in [0.15, 0.2) is 17.5 Å². The van der Waals surface area contributed by atoms with Crippen LogP contribution in [0.5, 0.6) is 11.5 Å². The molecule has 2 aliphatic rings. The number of hydrogen-bond acceptors (Lipinski definition) is 5. The summed E-state index contributed by atoms with van der Waals surface area (Å²) in [6, 6.07) is 49.9. The molecule has 0 amide bonds. The van der Waals surface area contributed by atoms with Gasteiger partial charge in [-0.25, -0.2) is 15.0 Å². The molecule has 3 heterocycles. The molecule has 0 bridgehead atoms. The van der Waals surface area contributed by atoms with Gasteiger partial charge < -0.3 is 9.15 Å². The normalized spacial score (nSPS) is 13.4. The first kappa shape index (κ1) is 25.9. The van der Waals surface area contributed by atoms with E-state index in [0.717, 1.165) is 67.0 Å². The maximum absolute atomic E-state index is 6.56. The van der Waals surface area contributed by atoms with E-state index in [1.807, 2.05) is 72.8 Å². The van der Waals surface area contributed by atoms with Crippen LogP contribution in [0.3, 0.4) is 0 Å². The van der Waals surface area contributed by atoms with Crippen molar-refractivity contribution < 1.29 is 9.15 Å². The van der Waals surface area contributed by atoms with Gasteiger partial charge in [0.25, 0.3) is 0 Å². The van der Waals surface area contributed by atoms with Crippen molar-refractivity contribution in [3.63, 3.8) is 0 Å². The predicted molar refractivity (Wildman–Crippen MR) is 183 cm³/mol. The van der Waals surface area contributed by atoms with Gasteiger partial charge in [-0.05, 0) is 46.5 Å². The molecule has 220 valence electrons. The van der Waals surface area contributed by atoms with Gasteiger partial charge in [-0.2, -0.15) is 0 Å². The fourth-order valence-corrected chi connectivity index (χ4v) is 7.60. The molecule has 0 saturated heterocycles. The highest BCUT2D eigenvalue weighted by Gasteiger charge is 2.52. The van der Waals surface area contributed by atoms with Gasteiger partial charge in [0.2, 0.25) is 0 Å². The van der Waals surface area contributed by atoms with Crippen LogP contribution in [0.25, 0.3) is 56.3 Å². The molecule has 8 aromatic rings. The number of nitrogens with zero attached hydrogens (tertiary/aromatic N) is 3. The molecule has 1 aliphatic heterocycles. The Morgan fingerprint density at radius 3 is 1.64 bits per heavy atom. The van der Waals surface area contributed by atoms with Gasteiger partial charge in [0.05, 0.1) is 11.7 Å². The lowest BCUT2D eigenvalue weighted by Gasteiger charge is -2.39. The Balaban J connectivity index is 1.34. The Hall–Kier alpha value is -6.33. The van der Waals surface area contributed by atoms with Crippen molar-refractivity contribution in [2.75, 3.05) is 0 Å². The Morgan fingerprint density at radius 2 is 0.979 bits per heavy atom. The van der Waals surface area contributed by atoms with E-state index < -0.39 is 5.41 Å². The van der Waals surface area contributed by atoms with Gasteiger partial charge in [0, 0.05) is 33.2 Å². The lowest BCUT2D eigenvalue weighted by Crippen LogP contribution is -2.32. The highest BCUT2D eigenvalue weighted by Crippen LogP contribution is 2.64.